The fourth-order valence-electron chi connectivity index (χ4n) is 2.25. The minimum Gasteiger partial charge on any atom is -0.491 e. The van der Waals surface area contributed by atoms with Crippen LogP contribution in [0.3, 0.4) is 0 Å². The van der Waals surface area contributed by atoms with E-state index in [1.807, 2.05) is 51.1 Å². The van der Waals surface area contributed by atoms with Crippen LogP contribution >= 0.6 is 0 Å². The second-order valence-corrected chi connectivity index (χ2v) is 5.86. The first kappa shape index (κ1) is 15.5. The third-order valence-electron chi connectivity index (χ3n) is 3.58. The van der Waals surface area contributed by atoms with Crippen LogP contribution < -0.4 is 10.5 Å². The van der Waals surface area contributed by atoms with E-state index >= 15 is 0 Å². The fraction of sp³-hybridized carbons (Fsp3) is 0.333. The minimum atomic E-state index is -0.773. The standard InChI is InChI=1S/C18H22FNO/c1-12(2)21-16-7-5-6-14(10-16)18(4,20)15-9-8-13(3)17(19)11-15/h5-12H,20H2,1-4H3. The van der Waals surface area contributed by atoms with E-state index in [-0.39, 0.29) is 11.9 Å². The summed E-state index contributed by atoms with van der Waals surface area (Å²) in [7, 11) is 0. The van der Waals surface area contributed by atoms with Crippen LogP contribution in [0.5, 0.6) is 5.75 Å². The van der Waals surface area contributed by atoms with Gasteiger partial charge in [0.15, 0.2) is 0 Å². The molecule has 0 aliphatic carbocycles. The lowest BCUT2D eigenvalue weighted by atomic mass is 9.85. The van der Waals surface area contributed by atoms with Gasteiger partial charge < -0.3 is 10.5 Å². The van der Waals surface area contributed by atoms with E-state index in [0.717, 1.165) is 16.9 Å². The van der Waals surface area contributed by atoms with Crippen molar-refractivity contribution in [3.8, 4) is 5.75 Å². The molecule has 0 aromatic heterocycles. The van der Waals surface area contributed by atoms with E-state index in [4.69, 9.17) is 10.5 Å². The van der Waals surface area contributed by atoms with Crippen LogP contribution in [0, 0.1) is 12.7 Å². The van der Waals surface area contributed by atoms with Gasteiger partial charge in [-0.15, -0.1) is 0 Å². The topological polar surface area (TPSA) is 35.2 Å². The zero-order valence-corrected chi connectivity index (χ0v) is 13.0. The molecule has 0 saturated heterocycles. The summed E-state index contributed by atoms with van der Waals surface area (Å²) in [6.07, 6.45) is 0.0982. The first-order valence-corrected chi connectivity index (χ1v) is 7.13. The van der Waals surface area contributed by atoms with E-state index in [1.54, 1.807) is 13.0 Å². The molecule has 0 spiro atoms. The third-order valence-corrected chi connectivity index (χ3v) is 3.58. The van der Waals surface area contributed by atoms with Gasteiger partial charge in [0.25, 0.3) is 0 Å². The summed E-state index contributed by atoms with van der Waals surface area (Å²) in [5.74, 6) is 0.533. The van der Waals surface area contributed by atoms with E-state index in [9.17, 15) is 4.39 Å². The van der Waals surface area contributed by atoms with Gasteiger partial charge in [-0.3, -0.25) is 0 Å². The molecule has 112 valence electrons. The summed E-state index contributed by atoms with van der Waals surface area (Å²) in [5.41, 5.74) is 7.94. The molecule has 2 N–H and O–H groups in total. The van der Waals surface area contributed by atoms with Crippen molar-refractivity contribution in [3.05, 3.63) is 65.0 Å². The van der Waals surface area contributed by atoms with E-state index in [2.05, 4.69) is 0 Å². The van der Waals surface area contributed by atoms with Gasteiger partial charge in [0.05, 0.1) is 11.6 Å². The van der Waals surface area contributed by atoms with E-state index in [1.165, 1.54) is 6.07 Å². The van der Waals surface area contributed by atoms with Crippen LogP contribution in [0.1, 0.15) is 37.5 Å². The van der Waals surface area contributed by atoms with Crippen molar-refractivity contribution in [1.29, 1.82) is 0 Å². The number of ether oxygens (including phenoxy) is 1. The highest BCUT2D eigenvalue weighted by atomic mass is 19.1. The Morgan fingerprint density at radius 1 is 1.10 bits per heavy atom. The van der Waals surface area contributed by atoms with Gasteiger partial charge in [-0.25, -0.2) is 4.39 Å². The van der Waals surface area contributed by atoms with Gasteiger partial charge in [-0.05, 0) is 62.6 Å². The van der Waals surface area contributed by atoms with E-state index in [0.29, 0.717) is 5.56 Å². The number of hydrogen-bond acceptors (Lipinski definition) is 2. The smallest absolute Gasteiger partial charge is 0.126 e. The average molecular weight is 287 g/mol. The molecule has 21 heavy (non-hydrogen) atoms. The molecule has 0 radical (unpaired) electrons. The van der Waals surface area contributed by atoms with Gasteiger partial charge in [0, 0.05) is 0 Å². The molecule has 2 aromatic carbocycles. The molecule has 0 amide bonds. The van der Waals surface area contributed by atoms with Crippen LogP contribution in [0.25, 0.3) is 0 Å². The van der Waals surface area contributed by atoms with E-state index < -0.39 is 5.54 Å². The summed E-state index contributed by atoms with van der Waals surface area (Å²) in [4.78, 5) is 0. The molecule has 0 heterocycles. The maximum atomic E-state index is 13.8. The average Bonchev–Trinajstić information content (AvgIpc) is 2.41. The predicted octanol–water partition coefficient (Wildman–Crippen LogP) is 4.14. The predicted molar refractivity (Wildman–Crippen MR) is 84.0 cm³/mol. The Bertz CT molecular complexity index is 635. The first-order valence-electron chi connectivity index (χ1n) is 7.13. The molecule has 0 fully saturated rings. The van der Waals surface area contributed by atoms with Crippen LogP contribution in [0.2, 0.25) is 0 Å². The SMILES string of the molecule is Cc1ccc(C(C)(N)c2cccc(OC(C)C)c2)cc1F. The van der Waals surface area contributed by atoms with Gasteiger partial charge in [0.2, 0.25) is 0 Å². The number of hydrogen-bond donors (Lipinski definition) is 1. The molecule has 3 heteroatoms. The van der Waals surface area contributed by atoms with Crippen molar-refractivity contribution in [2.24, 2.45) is 5.73 Å². The lowest BCUT2D eigenvalue weighted by molar-refractivity contribution is 0.242. The number of benzene rings is 2. The largest absolute Gasteiger partial charge is 0.491 e. The lowest BCUT2D eigenvalue weighted by Gasteiger charge is -2.27. The third kappa shape index (κ3) is 3.42. The second-order valence-electron chi connectivity index (χ2n) is 5.86. The Kier molecular flexibility index (Phi) is 4.33. The molecule has 1 atom stereocenters. The molecule has 0 aliphatic heterocycles. The quantitative estimate of drug-likeness (QED) is 0.917. The number of rotatable bonds is 4. The monoisotopic (exact) mass is 287 g/mol. The van der Waals surface area contributed by atoms with Crippen molar-refractivity contribution in [3.63, 3.8) is 0 Å². The number of nitrogens with two attached hydrogens (primary N) is 1. The second kappa shape index (κ2) is 5.86. The van der Waals surface area contributed by atoms with Gasteiger partial charge in [0.1, 0.15) is 11.6 Å². The molecular weight excluding hydrogens is 265 g/mol. The first-order chi connectivity index (χ1) is 9.80. The van der Waals surface area contributed by atoms with Gasteiger partial charge in [-0.2, -0.15) is 0 Å². The van der Waals surface area contributed by atoms with Crippen molar-refractivity contribution >= 4 is 0 Å². The van der Waals surface area contributed by atoms with Crippen LogP contribution in [-0.2, 0) is 5.54 Å². The Balaban J connectivity index is 2.40. The van der Waals surface area contributed by atoms with Crippen molar-refractivity contribution in [2.45, 2.75) is 39.3 Å². The van der Waals surface area contributed by atoms with Crippen molar-refractivity contribution < 1.29 is 9.13 Å². The summed E-state index contributed by atoms with van der Waals surface area (Å²) in [5, 5.41) is 0. The molecule has 2 aromatic rings. The Hall–Kier alpha value is -1.87. The van der Waals surface area contributed by atoms with Crippen LogP contribution in [0.4, 0.5) is 4.39 Å². The minimum absolute atomic E-state index is 0.0982. The summed E-state index contributed by atoms with van der Waals surface area (Å²) in [6.45, 7) is 7.57. The van der Waals surface area contributed by atoms with Crippen LogP contribution in [0.15, 0.2) is 42.5 Å². The highest BCUT2D eigenvalue weighted by molar-refractivity contribution is 5.41. The van der Waals surface area contributed by atoms with Gasteiger partial charge >= 0.3 is 0 Å². The number of aryl methyl sites for hydroxylation is 1. The lowest BCUT2D eigenvalue weighted by Crippen LogP contribution is -2.34. The highest BCUT2D eigenvalue weighted by Gasteiger charge is 2.25. The maximum absolute atomic E-state index is 13.8. The van der Waals surface area contributed by atoms with Crippen molar-refractivity contribution in [2.75, 3.05) is 0 Å². The number of halogens is 1. The van der Waals surface area contributed by atoms with Crippen molar-refractivity contribution in [1.82, 2.24) is 0 Å². The summed E-state index contributed by atoms with van der Waals surface area (Å²) < 4.78 is 19.5. The molecule has 0 bridgehead atoms. The summed E-state index contributed by atoms with van der Waals surface area (Å²) in [6, 6.07) is 12.8. The molecule has 2 rings (SSSR count). The van der Waals surface area contributed by atoms with Gasteiger partial charge in [-0.1, -0.05) is 24.3 Å². The molecular formula is C18H22FNO. The fourth-order valence-corrected chi connectivity index (χ4v) is 2.25. The Morgan fingerprint density at radius 2 is 1.76 bits per heavy atom. The normalized spacial score (nSPS) is 14.0. The summed E-state index contributed by atoms with van der Waals surface area (Å²) >= 11 is 0. The molecule has 0 aliphatic rings. The molecule has 0 saturated carbocycles. The zero-order valence-electron chi connectivity index (χ0n) is 13.0. The Morgan fingerprint density at radius 3 is 2.38 bits per heavy atom. The Labute approximate surface area is 125 Å². The zero-order chi connectivity index (χ0) is 15.6. The molecule has 1 unspecified atom stereocenters. The highest BCUT2D eigenvalue weighted by Crippen LogP contribution is 2.30. The maximum Gasteiger partial charge on any atom is 0.126 e. The molecule has 2 nitrogen and oxygen atoms in total. The van der Waals surface area contributed by atoms with Crippen LogP contribution in [-0.4, -0.2) is 6.10 Å².